The van der Waals surface area contributed by atoms with E-state index in [1.165, 1.54) is 0 Å². The van der Waals surface area contributed by atoms with E-state index in [-0.39, 0.29) is 0 Å². The number of hydrogen-bond donors (Lipinski definition) is 1. The van der Waals surface area contributed by atoms with Crippen molar-refractivity contribution in [3.05, 3.63) is 32.2 Å². The molecule has 0 aliphatic heterocycles. The summed E-state index contributed by atoms with van der Waals surface area (Å²) in [5, 5.41) is 1.86. The number of nitrogens with zero attached hydrogens (tertiary/aromatic N) is 1. The Morgan fingerprint density at radius 2 is 2.06 bits per heavy atom. The summed E-state index contributed by atoms with van der Waals surface area (Å²) < 4.78 is 2.04. The summed E-state index contributed by atoms with van der Waals surface area (Å²) in [4.78, 5) is 4.53. The van der Waals surface area contributed by atoms with Crippen LogP contribution in [0.2, 0.25) is 0 Å². The van der Waals surface area contributed by atoms with Crippen LogP contribution in [0.1, 0.15) is 11.9 Å². The van der Waals surface area contributed by atoms with Gasteiger partial charge in [-0.15, -0.1) is 11.3 Å². The van der Waals surface area contributed by atoms with E-state index in [2.05, 4.69) is 43.8 Å². The predicted molar refractivity (Wildman–Crippen MR) is 76.7 cm³/mol. The molecule has 0 aliphatic carbocycles. The van der Waals surface area contributed by atoms with Gasteiger partial charge in [0.25, 0.3) is 0 Å². The molecule has 1 aromatic heterocycles. The van der Waals surface area contributed by atoms with Crippen LogP contribution >= 0.6 is 43.2 Å². The number of aryl methyl sites for hydroxylation is 1. The fraction of sp³-hybridized carbons (Fsp3) is 0.182. The number of halogens is 2. The maximum Gasteiger partial charge on any atom is 0.114 e. The Kier molecular flexibility index (Phi) is 3.66. The number of anilines is 1. The maximum absolute atomic E-state index is 5.97. The maximum atomic E-state index is 5.97. The van der Waals surface area contributed by atoms with E-state index in [4.69, 9.17) is 5.73 Å². The Hall–Kier alpha value is -0.390. The molecule has 1 aromatic carbocycles. The first-order valence-corrected chi connectivity index (χ1v) is 7.22. The Bertz CT molecular complexity index is 523. The van der Waals surface area contributed by atoms with Crippen LogP contribution < -0.4 is 5.73 Å². The molecular formula is C11H10Br2N2S. The summed E-state index contributed by atoms with van der Waals surface area (Å²) in [6.45, 7) is 2.08. The van der Waals surface area contributed by atoms with E-state index >= 15 is 0 Å². The lowest BCUT2D eigenvalue weighted by Gasteiger charge is -2.01. The molecule has 2 N–H and O–H groups in total. The van der Waals surface area contributed by atoms with Crippen molar-refractivity contribution in [1.29, 1.82) is 0 Å². The Labute approximate surface area is 115 Å². The summed E-state index contributed by atoms with van der Waals surface area (Å²) in [6, 6.07) is 6.03. The molecule has 0 saturated heterocycles. The summed E-state index contributed by atoms with van der Waals surface area (Å²) in [6.07, 6.45) is 0.923. The number of aromatic nitrogens is 1. The van der Waals surface area contributed by atoms with Crippen molar-refractivity contribution in [3.63, 3.8) is 0 Å². The smallest absolute Gasteiger partial charge is 0.114 e. The molecule has 0 fully saturated rings. The van der Waals surface area contributed by atoms with Crippen molar-refractivity contribution >= 4 is 48.2 Å². The minimum Gasteiger partial charge on any atom is -0.389 e. The minimum atomic E-state index is 0.783. The molecule has 0 spiro atoms. The number of nitrogens with two attached hydrogens (primary N) is 1. The zero-order valence-electron chi connectivity index (χ0n) is 8.63. The topological polar surface area (TPSA) is 38.9 Å². The fourth-order valence-corrected chi connectivity index (χ4v) is 2.80. The quantitative estimate of drug-likeness (QED) is 0.856. The molecule has 0 radical (unpaired) electrons. The van der Waals surface area contributed by atoms with Crippen LogP contribution in [0.15, 0.2) is 27.1 Å². The van der Waals surface area contributed by atoms with E-state index in [0.717, 1.165) is 36.6 Å². The highest BCUT2D eigenvalue weighted by Gasteiger charge is 2.10. The predicted octanol–water partition coefficient (Wildman–Crippen LogP) is 4.48. The van der Waals surface area contributed by atoms with Gasteiger partial charge in [0.05, 0.1) is 5.01 Å². The molecule has 0 aliphatic rings. The molecule has 5 heteroatoms. The fourth-order valence-electron chi connectivity index (χ4n) is 1.38. The van der Waals surface area contributed by atoms with Crippen molar-refractivity contribution in [2.75, 3.05) is 5.73 Å². The van der Waals surface area contributed by atoms with Crippen LogP contribution in [0.5, 0.6) is 0 Å². The van der Waals surface area contributed by atoms with E-state index in [0.29, 0.717) is 0 Å². The first-order valence-electron chi connectivity index (χ1n) is 4.82. The average Bonchev–Trinajstić information content (AvgIpc) is 2.64. The Balaban J connectivity index is 2.49. The third-order valence-corrected chi connectivity index (χ3v) is 5.10. The van der Waals surface area contributed by atoms with Gasteiger partial charge in [-0.25, -0.2) is 4.98 Å². The van der Waals surface area contributed by atoms with Crippen molar-refractivity contribution < 1.29 is 0 Å². The van der Waals surface area contributed by atoms with Crippen LogP contribution in [-0.4, -0.2) is 4.98 Å². The minimum absolute atomic E-state index is 0.783. The molecule has 0 saturated carbocycles. The largest absolute Gasteiger partial charge is 0.389 e. The van der Waals surface area contributed by atoms with E-state index in [9.17, 15) is 0 Å². The van der Waals surface area contributed by atoms with Gasteiger partial charge in [0.15, 0.2) is 0 Å². The Morgan fingerprint density at radius 1 is 1.31 bits per heavy atom. The Morgan fingerprint density at radius 3 is 2.62 bits per heavy atom. The second kappa shape index (κ2) is 4.85. The van der Waals surface area contributed by atoms with E-state index < -0.39 is 0 Å². The highest BCUT2D eigenvalue weighted by Crippen LogP contribution is 2.34. The molecule has 0 amide bonds. The van der Waals surface area contributed by atoms with Gasteiger partial charge in [0, 0.05) is 14.5 Å². The monoisotopic (exact) mass is 360 g/mol. The number of benzene rings is 1. The van der Waals surface area contributed by atoms with Crippen LogP contribution in [0.25, 0.3) is 11.3 Å². The second-order valence-corrected chi connectivity index (χ2v) is 6.13. The van der Waals surface area contributed by atoms with Gasteiger partial charge >= 0.3 is 0 Å². The number of thiazole rings is 1. The van der Waals surface area contributed by atoms with Crippen LogP contribution in [0.3, 0.4) is 0 Å². The van der Waals surface area contributed by atoms with Crippen LogP contribution in [0.4, 0.5) is 5.00 Å². The average molecular weight is 362 g/mol. The summed E-state index contributed by atoms with van der Waals surface area (Å²) in [7, 11) is 0. The van der Waals surface area contributed by atoms with Crippen LogP contribution in [-0.2, 0) is 6.42 Å². The van der Waals surface area contributed by atoms with E-state index in [1.807, 2.05) is 18.2 Å². The lowest BCUT2D eigenvalue weighted by Crippen LogP contribution is -1.86. The van der Waals surface area contributed by atoms with Crippen LogP contribution in [0, 0.1) is 0 Å². The third-order valence-electron chi connectivity index (χ3n) is 2.19. The van der Waals surface area contributed by atoms with Gasteiger partial charge in [-0.1, -0.05) is 13.0 Å². The van der Waals surface area contributed by atoms with Gasteiger partial charge < -0.3 is 5.73 Å². The third kappa shape index (κ3) is 2.31. The molecule has 1 heterocycles. The molecule has 2 nitrogen and oxygen atoms in total. The lowest BCUT2D eigenvalue weighted by atomic mass is 10.2. The zero-order chi connectivity index (χ0) is 11.7. The second-order valence-electron chi connectivity index (χ2n) is 3.30. The zero-order valence-corrected chi connectivity index (χ0v) is 12.6. The first kappa shape index (κ1) is 12.1. The number of hydrogen-bond acceptors (Lipinski definition) is 3. The molecule has 0 atom stereocenters. The first-order chi connectivity index (χ1) is 7.61. The molecule has 16 heavy (non-hydrogen) atoms. The summed E-state index contributed by atoms with van der Waals surface area (Å²) >= 11 is 8.48. The number of rotatable bonds is 2. The lowest BCUT2D eigenvalue weighted by molar-refractivity contribution is 1.10. The van der Waals surface area contributed by atoms with Gasteiger partial charge in [-0.05, 0) is 50.4 Å². The van der Waals surface area contributed by atoms with Crippen molar-refractivity contribution in [2.45, 2.75) is 13.3 Å². The van der Waals surface area contributed by atoms with Crippen molar-refractivity contribution in [3.8, 4) is 11.3 Å². The standard InChI is InChI=1S/C11H10Br2N2S/c1-2-9-15-10(11(14)16-9)6-3-4-7(12)8(13)5-6/h3-5H,2,14H2,1H3. The van der Waals surface area contributed by atoms with Crippen molar-refractivity contribution in [1.82, 2.24) is 4.98 Å². The normalized spacial score (nSPS) is 10.7. The van der Waals surface area contributed by atoms with Gasteiger partial charge in [-0.3, -0.25) is 0 Å². The summed E-state index contributed by atoms with van der Waals surface area (Å²) in [5.41, 5.74) is 7.90. The van der Waals surface area contributed by atoms with E-state index in [1.54, 1.807) is 11.3 Å². The highest BCUT2D eigenvalue weighted by molar-refractivity contribution is 9.13. The molecule has 2 aromatic rings. The van der Waals surface area contributed by atoms with Gasteiger partial charge in [0.2, 0.25) is 0 Å². The molecule has 0 bridgehead atoms. The number of nitrogen functional groups attached to an aromatic ring is 1. The SMILES string of the molecule is CCc1nc(-c2ccc(Br)c(Br)c2)c(N)s1. The molecule has 2 rings (SSSR count). The van der Waals surface area contributed by atoms with Gasteiger partial charge in [-0.2, -0.15) is 0 Å². The molecule has 0 unspecified atom stereocenters. The van der Waals surface area contributed by atoms with Crippen molar-refractivity contribution in [2.24, 2.45) is 0 Å². The molecule has 84 valence electrons. The summed E-state index contributed by atoms with van der Waals surface area (Å²) in [5.74, 6) is 0. The van der Waals surface area contributed by atoms with Gasteiger partial charge in [0.1, 0.15) is 10.7 Å². The highest BCUT2D eigenvalue weighted by atomic mass is 79.9. The molecular weight excluding hydrogens is 352 g/mol.